The molecular weight excluding hydrogens is 436 g/mol. The van der Waals surface area contributed by atoms with Crippen LogP contribution < -0.4 is 10.4 Å². The number of tetrazole rings is 1. The van der Waals surface area contributed by atoms with Crippen molar-refractivity contribution in [3.05, 3.63) is 80.9 Å². The summed E-state index contributed by atoms with van der Waals surface area (Å²) in [6.07, 6.45) is 3.00. The number of rotatable bonds is 6. The second kappa shape index (κ2) is 9.19. The Morgan fingerprint density at radius 1 is 1.12 bits per heavy atom. The molecule has 9 nitrogen and oxygen atoms in total. The number of allylic oxidation sites excluding steroid dienone is 2. The summed E-state index contributed by atoms with van der Waals surface area (Å²) in [5, 5.41) is 8.18. The first kappa shape index (κ1) is 21.5. The molecule has 0 spiro atoms. The molecule has 0 unspecified atom stereocenters. The van der Waals surface area contributed by atoms with E-state index >= 15 is 0 Å². The lowest BCUT2D eigenvalue weighted by Crippen LogP contribution is -2.25. The van der Waals surface area contributed by atoms with Crippen molar-refractivity contribution in [2.45, 2.75) is 25.8 Å². The number of para-hydroxylation sites is 1. The molecule has 1 heterocycles. The lowest BCUT2D eigenvalue weighted by atomic mass is 10.1. The minimum absolute atomic E-state index is 0.0587. The van der Waals surface area contributed by atoms with Crippen molar-refractivity contribution >= 4 is 23.4 Å². The van der Waals surface area contributed by atoms with E-state index in [0.29, 0.717) is 41.3 Å². The maximum absolute atomic E-state index is 12.7. The number of hydrogen-bond acceptors (Lipinski definition) is 7. The van der Waals surface area contributed by atoms with Gasteiger partial charge in [0, 0.05) is 18.9 Å². The topological polar surface area (TPSA) is 105 Å². The summed E-state index contributed by atoms with van der Waals surface area (Å²) in [7, 11) is 1.43. The number of hydrogen-bond donors (Lipinski definition) is 0. The molecular formula is C22H19ClN4O5. The Morgan fingerprint density at radius 3 is 2.69 bits per heavy atom. The van der Waals surface area contributed by atoms with Gasteiger partial charge in [-0.3, -0.25) is 4.79 Å². The molecule has 1 aliphatic carbocycles. The van der Waals surface area contributed by atoms with Crippen LogP contribution in [-0.2, 0) is 16.1 Å². The Morgan fingerprint density at radius 2 is 1.94 bits per heavy atom. The summed E-state index contributed by atoms with van der Waals surface area (Å²) in [5.41, 5.74) is 0.840. The average Bonchev–Trinajstić information content (AvgIpc) is 3.13. The van der Waals surface area contributed by atoms with Crippen LogP contribution in [0.25, 0.3) is 5.69 Å². The molecule has 3 aromatic rings. The molecule has 32 heavy (non-hydrogen) atoms. The van der Waals surface area contributed by atoms with Crippen molar-refractivity contribution in [1.29, 1.82) is 0 Å². The predicted molar refractivity (Wildman–Crippen MR) is 115 cm³/mol. The zero-order valence-electron chi connectivity index (χ0n) is 17.2. The smallest absolute Gasteiger partial charge is 0.368 e. The Balaban J connectivity index is 1.55. The zero-order chi connectivity index (χ0) is 22.7. The van der Waals surface area contributed by atoms with Crippen molar-refractivity contribution in [2.75, 3.05) is 7.11 Å². The predicted octanol–water partition coefficient (Wildman–Crippen LogP) is 2.93. The van der Waals surface area contributed by atoms with Crippen LogP contribution >= 0.6 is 11.6 Å². The number of ether oxygens (including phenoxy) is 2. The van der Waals surface area contributed by atoms with Crippen LogP contribution in [0.4, 0.5) is 0 Å². The highest BCUT2D eigenvalue weighted by Gasteiger charge is 2.20. The number of carbonyl (C=O) groups is 2. The van der Waals surface area contributed by atoms with Crippen molar-refractivity contribution < 1.29 is 19.1 Å². The van der Waals surface area contributed by atoms with Gasteiger partial charge in [0.1, 0.15) is 17.1 Å². The van der Waals surface area contributed by atoms with Gasteiger partial charge in [-0.1, -0.05) is 29.8 Å². The molecule has 0 fully saturated rings. The van der Waals surface area contributed by atoms with Crippen molar-refractivity contribution in [3.8, 4) is 11.4 Å². The van der Waals surface area contributed by atoms with Gasteiger partial charge in [0.25, 0.3) is 0 Å². The number of carbonyl (C=O) groups excluding carboxylic acids is 2. The van der Waals surface area contributed by atoms with E-state index in [4.69, 9.17) is 21.1 Å². The Kier molecular flexibility index (Phi) is 6.18. The van der Waals surface area contributed by atoms with E-state index in [2.05, 4.69) is 10.4 Å². The second-order valence-corrected chi connectivity index (χ2v) is 7.54. The van der Waals surface area contributed by atoms with Gasteiger partial charge in [-0.2, -0.15) is 9.36 Å². The summed E-state index contributed by atoms with van der Waals surface area (Å²) in [6.45, 7) is 0.106. The Bertz CT molecular complexity index is 1280. The number of halogens is 1. The largest absolute Gasteiger partial charge is 0.496 e. The molecule has 0 atom stereocenters. The molecule has 1 aromatic heterocycles. The van der Waals surface area contributed by atoms with Gasteiger partial charge in [0.2, 0.25) is 0 Å². The highest BCUT2D eigenvalue weighted by atomic mass is 35.5. The van der Waals surface area contributed by atoms with Gasteiger partial charge in [-0.25, -0.2) is 9.59 Å². The lowest BCUT2D eigenvalue weighted by molar-refractivity contribution is -0.115. The highest BCUT2D eigenvalue weighted by molar-refractivity contribution is 6.32. The van der Waals surface area contributed by atoms with Gasteiger partial charge < -0.3 is 9.47 Å². The third kappa shape index (κ3) is 4.47. The third-order valence-electron chi connectivity index (χ3n) is 4.93. The minimum atomic E-state index is -0.615. The fraction of sp³-hybridized carbons (Fsp3) is 0.227. The Labute approximate surface area is 187 Å². The molecule has 0 aliphatic heterocycles. The third-order valence-corrected chi connectivity index (χ3v) is 5.25. The molecule has 0 saturated carbocycles. The fourth-order valence-corrected chi connectivity index (χ4v) is 3.55. The summed E-state index contributed by atoms with van der Waals surface area (Å²) in [6, 6.07) is 11.7. The number of esters is 1. The van der Waals surface area contributed by atoms with Crippen molar-refractivity contribution in [3.63, 3.8) is 0 Å². The maximum Gasteiger partial charge on any atom is 0.368 e. The van der Waals surface area contributed by atoms with Crippen LogP contribution in [0.1, 0.15) is 35.2 Å². The van der Waals surface area contributed by atoms with Crippen molar-refractivity contribution in [1.82, 2.24) is 19.8 Å². The van der Waals surface area contributed by atoms with Gasteiger partial charge in [0.05, 0.1) is 24.4 Å². The zero-order valence-corrected chi connectivity index (χ0v) is 17.9. The highest BCUT2D eigenvalue weighted by Crippen LogP contribution is 2.24. The van der Waals surface area contributed by atoms with E-state index in [9.17, 15) is 14.4 Å². The summed E-state index contributed by atoms with van der Waals surface area (Å²) < 4.78 is 13.0. The van der Waals surface area contributed by atoms with Crippen LogP contribution in [0.5, 0.6) is 5.75 Å². The maximum atomic E-state index is 12.7. The fourth-order valence-electron chi connectivity index (χ4n) is 3.34. The average molecular weight is 455 g/mol. The molecule has 0 radical (unpaired) electrons. The summed E-state index contributed by atoms with van der Waals surface area (Å²) in [4.78, 5) is 36.8. The van der Waals surface area contributed by atoms with E-state index < -0.39 is 11.7 Å². The molecule has 164 valence electrons. The first-order valence-electron chi connectivity index (χ1n) is 9.86. The van der Waals surface area contributed by atoms with E-state index in [-0.39, 0.29) is 23.6 Å². The summed E-state index contributed by atoms with van der Waals surface area (Å²) in [5.74, 6) is -0.0466. The second-order valence-electron chi connectivity index (χ2n) is 7.14. The molecule has 0 amide bonds. The van der Waals surface area contributed by atoms with Crippen LogP contribution in [0.3, 0.4) is 0 Å². The van der Waals surface area contributed by atoms with Crippen LogP contribution in [0, 0.1) is 0 Å². The summed E-state index contributed by atoms with van der Waals surface area (Å²) >= 11 is 6.14. The molecule has 0 bridgehead atoms. The van der Waals surface area contributed by atoms with Gasteiger partial charge >= 0.3 is 11.7 Å². The molecule has 4 rings (SSSR count). The van der Waals surface area contributed by atoms with Gasteiger partial charge in [0.15, 0.2) is 5.78 Å². The Hall–Kier alpha value is -3.72. The normalized spacial score (nSPS) is 13.6. The first-order valence-corrected chi connectivity index (χ1v) is 10.2. The van der Waals surface area contributed by atoms with E-state index in [1.165, 1.54) is 17.9 Å². The number of ketones is 1. The van der Waals surface area contributed by atoms with E-state index in [1.54, 1.807) is 42.5 Å². The molecule has 0 N–H and O–H groups in total. The molecule has 10 heteroatoms. The van der Waals surface area contributed by atoms with E-state index in [1.807, 2.05) is 0 Å². The van der Waals surface area contributed by atoms with Crippen LogP contribution in [0.2, 0.25) is 5.02 Å². The van der Waals surface area contributed by atoms with E-state index in [0.717, 1.165) is 4.68 Å². The van der Waals surface area contributed by atoms with Crippen molar-refractivity contribution in [2.24, 2.45) is 0 Å². The van der Waals surface area contributed by atoms with Gasteiger partial charge in [-0.05, 0) is 46.7 Å². The lowest BCUT2D eigenvalue weighted by Gasteiger charge is -2.14. The minimum Gasteiger partial charge on any atom is -0.496 e. The standard InChI is InChI=1S/C22H19ClN4O5/c1-31-20-11-14(9-10-17(20)21(29)32-16-6-4-5-15(28)12-16)13-26-22(30)27(25-24-26)19-8-3-2-7-18(19)23/h2-3,7-12H,4-6,13H2,1H3. The monoisotopic (exact) mass is 454 g/mol. The first-order chi connectivity index (χ1) is 15.5. The molecule has 1 aliphatic rings. The molecule has 2 aromatic carbocycles. The molecule has 0 saturated heterocycles. The van der Waals surface area contributed by atoms with Gasteiger partial charge in [-0.15, -0.1) is 0 Å². The van der Waals surface area contributed by atoms with Crippen LogP contribution in [-0.4, -0.2) is 38.7 Å². The number of benzene rings is 2. The number of aromatic nitrogens is 4. The number of nitrogens with zero attached hydrogens (tertiary/aromatic N) is 4. The quantitative estimate of drug-likeness (QED) is 0.527. The number of methoxy groups -OCH3 is 1. The SMILES string of the molecule is COc1cc(Cn2nnn(-c3ccccc3Cl)c2=O)ccc1C(=O)OC1=CC(=O)CCC1. The van der Waals surface area contributed by atoms with Crippen LogP contribution in [0.15, 0.2) is 59.1 Å².